The number of likely N-dealkylation sites (tertiary alicyclic amines) is 1. The fraction of sp³-hybridized carbons (Fsp3) is 0.385. The first-order valence-corrected chi connectivity index (χ1v) is 10.9. The molecule has 2 aromatic carbocycles. The Kier molecular flexibility index (Phi) is 5.61. The van der Waals surface area contributed by atoms with E-state index >= 15 is 0 Å². The van der Waals surface area contributed by atoms with Crippen molar-refractivity contribution in [3.8, 4) is 5.75 Å². The van der Waals surface area contributed by atoms with Crippen molar-refractivity contribution in [1.29, 1.82) is 0 Å². The molecule has 5 nitrogen and oxygen atoms in total. The number of rotatable bonds is 4. The zero-order valence-electron chi connectivity index (χ0n) is 18.9. The summed E-state index contributed by atoms with van der Waals surface area (Å²) in [6.07, 6.45) is 1.13. The topological polar surface area (TPSA) is 49.9 Å². The average molecular weight is 419 g/mol. The Hall–Kier alpha value is -3.08. The maximum absolute atomic E-state index is 13.7. The molecule has 2 aromatic rings. The van der Waals surface area contributed by atoms with Crippen LogP contribution < -0.4 is 9.64 Å². The summed E-state index contributed by atoms with van der Waals surface area (Å²) in [5.74, 6) is 1.15. The van der Waals surface area contributed by atoms with Gasteiger partial charge in [-0.3, -0.25) is 9.59 Å². The van der Waals surface area contributed by atoms with Crippen LogP contribution in [0, 0.1) is 25.7 Å². The third-order valence-electron chi connectivity index (χ3n) is 6.37. The number of piperidine rings is 1. The number of benzene rings is 2. The van der Waals surface area contributed by atoms with Crippen LogP contribution in [0.15, 0.2) is 48.2 Å². The average Bonchev–Trinajstić information content (AvgIpc) is 2.99. The standard InChI is InChI=1S/C26H30N2O3/c1-16-12-17(2)15-27(14-16)24-23(20-7-10-22(31-5)11-8-20)25(29)28(26(24)30)21-9-6-18(3)19(4)13-21/h6-11,13,16-17H,12,14-15H2,1-5H3. The molecule has 2 aliphatic rings. The Morgan fingerprint density at radius 1 is 0.871 bits per heavy atom. The molecule has 0 aliphatic carbocycles. The van der Waals surface area contributed by atoms with Gasteiger partial charge in [-0.1, -0.05) is 32.0 Å². The Morgan fingerprint density at radius 2 is 1.52 bits per heavy atom. The van der Waals surface area contributed by atoms with Gasteiger partial charge >= 0.3 is 0 Å². The highest BCUT2D eigenvalue weighted by Crippen LogP contribution is 2.38. The number of hydrogen-bond acceptors (Lipinski definition) is 4. The molecule has 1 fully saturated rings. The molecule has 0 radical (unpaired) electrons. The number of nitrogens with zero attached hydrogens (tertiary/aromatic N) is 2. The van der Waals surface area contributed by atoms with Gasteiger partial charge < -0.3 is 9.64 Å². The number of aryl methyl sites for hydroxylation is 2. The van der Waals surface area contributed by atoms with Crippen LogP contribution in [0.4, 0.5) is 5.69 Å². The minimum atomic E-state index is -0.265. The van der Waals surface area contributed by atoms with Gasteiger partial charge in [0.2, 0.25) is 0 Å². The molecule has 4 rings (SSSR count). The van der Waals surface area contributed by atoms with E-state index in [1.165, 1.54) is 4.90 Å². The molecule has 2 atom stereocenters. The second-order valence-corrected chi connectivity index (χ2v) is 9.02. The van der Waals surface area contributed by atoms with E-state index in [2.05, 4.69) is 18.7 Å². The van der Waals surface area contributed by atoms with Crippen LogP contribution in [0.5, 0.6) is 5.75 Å². The van der Waals surface area contributed by atoms with E-state index in [1.54, 1.807) is 7.11 Å². The van der Waals surface area contributed by atoms with E-state index in [-0.39, 0.29) is 11.8 Å². The van der Waals surface area contributed by atoms with Crippen molar-refractivity contribution in [1.82, 2.24) is 4.90 Å². The van der Waals surface area contributed by atoms with E-state index in [1.807, 2.05) is 56.3 Å². The van der Waals surface area contributed by atoms with Crippen LogP contribution >= 0.6 is 0 Å². The van der Waals surface area contributed by atoms with Crippen molar-refractivity contribution < 1.29 is 14.3 Å². The lowest BCUT2D eigenvalue weighted by atomic mass is 9.91. The van der Waals surface area contributed by atoms with Gasteiger partial charge in [-0.2, -0.15) is 0 Å². The van der Waals surface area contributed by atoms with Gasteiger partial charge in [0.25, 0.3) is 11.8 Å². The molecule has 31 heavy (non-hydrogen) atoms. The van der Waals surface area contributed by atoms with Crippen LogP contribution in [0.2, 0.25) is 0 Å². The molecule has 0 N–H and O–H groups in total. The lowest BCUT2D eigenvalue weighted by Crippen LogP contribution is -2.42. The SMILES string of the molecule is COc1ccc(C2=C(N3CC(C)CC(C)C3)C(=O)N(c3ccc(C)c(C)c3)C2=O)cc1. The number of methoxy groups -OCH3 is 1. The normalized spacial score (nSPS) is 21.8. The number of ether oxygens (including phenoxy) is 1. The summed E-state index contributed by atoms with van der Waals surface area (Å²) in [4.78, 5) is 30.8. The van der Waals surface area contributed by atoms with Crippen molar-refractivity contribution in [3.05, 3.63) is 64.9 Å². The summed E-state index contributed by atoms with van der Waals surface area (Å²) in [6.45, 7) is 9.99. The molecule has 5 heteroatoms. The first-order valence-electron chi connectivity index (χ1n) is 10.9. The van der Waals surface area contributed by atoms with Gasteiger partial charge in [-0.05, 0) is 73.1 Å². The second-order valence-electron chi connectivity index (χ2n) is 9.02. The minimum Gasteiger partial charge on any atom is -0.497 e. The summed E-state index contributed by atoms with van der Waals surface area (Å²) in [7, 11) is 1.61. The van der Waals surface area contributed by atoms with Crippen LogP contribution in [0.1, 0.15) is 37.0 Å². The van der Waals surface area contributed by atoms with Crippen molar-refractivity contribution >= 4 is 23.1 Å². The Bertz CT molecular complexity index is 1040. The van der Waals surface area contributed by atoms with Gasteiger partial charge in [-0.25, -0.2) is 4.90 Å². The molecule has 0 spiro atoms. The summed E-state index contributed by atoms with van der Waals surface area (Å²) in [5.41, 5.74) is 4.55. The van der Waals surface area contributed by atoms with Gasteiger partial charge in [0.05, 0.1) is 18.4 Å². The zero-order chi connectivity index (χ0) is 22.3. The number of carbonyl (C=O) groups is 2. The Morgan fingerprint density at radius 3 is 2.10 bits per heavy atom. The molecule has 2 heterocycles. The Labute approximate surface area is 184 Å². The maximum atomic E-state index is 13.7. The summed E-state index contributed by atoms with van der Waals surface area (Å²) in [5, 5.41) is 0. The van der Waals surface area contributed by atoms with Crippen molar-refractivity contribution in [2.24, 2.45) is 11.8 Å². The maximum Gasteiger partial charge on any atom is 0.282 e. The fourth-order valence-electron chi connectivity index (χ4n) is 4.77. The van der Waals surface area contributed by atoms with Gasteiger partial charge in [0, 0.05) is 13.1 Å². The quantitative estimate of drug-likeness (QED) is 0.683. The lowest BCUT2D eigenvalue weighted by molar-refractivity contribution is -0.120. The summed E-state index contributed by atoms with van der Waals surface area (Å²) < 4.78 is 5.28. The lowest BCUT2D eigenvalue weighted by Gasteiger charge is -2.37. The predicted molar refractivity (Wildman–Crippen MR) is 123 cm³/mol. The molecular formula is C26H30N2O3. The second kappa shape index (κ2) is 8.22. The smallest absolute Gasteiger partial charge is 0.282 e. The molecule has 2 amide bonds. The van der Waals surface area contributed by atoms with Gasteiger partial charge in [-0.15, -0.1) is 0 Å². The third-order valence-corrected chi connectivity index (χ3v) is 6.37. The van der Waals surface area contributed by atoms with E-state index in [0.717, 1.165) is 36.2 Å². The first kappa shape index (κ1) is 21.2. The van der Waals surface area contributed by atoms with Crippen LogP contribution in [0.3, 0.4) is 0 Å². The number of anilines is 1. The fourth-order valence-corrected chi connectivity index (χ4v) is 4.77. The third kappa shape index (κ3) is 3.85. The molecule has 2 unspecified atom stereocenters. The van der Waals surface area contributed by atoms with Gasteiger partial charge in [0.1, 0.15) is 11.4 Å². The molecule has 162 valence electrons. The number of hydrogen-bond donors (Lipinski definition) is 0. The number of carbonyl (C=O) groups excluding carboxylic acids is 2. The molecular weight excluding hydrogens is 388 g/mol. The van der Waals surface area contributed by atoms with Crippen molar-refractivity contribution in [3.63, 3.8) is 0 Å². The van der Waals surface area contributed by atoms with Crippen LogP contribution in [0.25, 0.3) is 5.57 Å². The molecule has 0 saturated carbocycles. The minimum absolute atomic E-state index is 0.236. The molecule has 2 aliphatic heterocycles. The summed E-state index contributed by atoms with van der Waals surface area (Å²) >= 11 is 0. The van der Waals surface area contributed by atoms with E-state index in [9.17, 15) is 9.59 Å². The number of imide groups is 1. The van der Waals surface area contributed by atoms with Crippen LogP contribution in [-0.4, -0.2) is 36.9 Å². The number of amides is 2. The van der Waals surface area contributed by atoms with E-state index < -0.39 is 0 Å². The first-order chi connectivity index (χ1) is 14.8. The molecule has 1 saturated heterocycles. The largest absolute Gasteiger partial charge is 0.497 e. The van der Waals surface area contributed by atoms with E-state index in [0.29, 0.717) is 34.5 Å². The van der Waals surface area contributed by atoms with Crippen LogP contribution in [-0.2, 0) is 9.59 Å². The predicted octanol–water partition coefficient (Wildman–Crippen LogP) is 4.57. The van der Waals surface area contributed by atoms with Crippen molar-refractivity contribution in [2.45, 2.75) is 34.1 Å². The zero-order valence-corrected chi connectivity index (χ0v) is 18.9. The van der Waals surface area contributed by atoms with Crippen molar-refractivity contribution in [2.75, 3.05) is 25.1 Å². The van der Waals surface area contributed by atoms with Gasteiger partial charge in [0.15, 0.2) is 0 Å². The molecule has 0 aromatic heterocycles. The molecule has 0 bridgehead atoms. The highest BCUT2D eigenvalue weighted by molar-refractivity contribution is 6.45. The Balaban J connectivity index is 1.83. The monoisotopic (exact) mass is 418 g/mol. The van der Waals surface area contributed by atoms with E-state index in [4.69, 9.17) is 4.74 Å². The highest BCUT2D eigenvalue weighted by atomic mass is 16.5. The highest BCUT2D eigenvalue weighted by Gasteiger charge is 2.43. The summed E-state index contributed by atoms with van der Waals surface area (Å²) in [6, 6.07) is 13.1.